The first-order valence-electron chi connectivity index (χ1n) is 9.88. The fourth-order valence-corrected chi connectivity index (χ4v) is 3.66. The number of benzene rings is 2. The van der Waals surface area contributed by atoms with Gasteiger partial charge in [0.15, 0.2) is 5.82 Å². The number of methoxy groups -OCH3 is 1. The molecule has 29 heavy (non-hydrogen) atoms. The highest BCUT2D eigenvalue weighted by Crippen LogP contribution is 2.32. The lowest BCUT2D eigenvalue weighted by Gasteiger charge is -2.16. The van der Waals surface area contributed by atoms with Gasteiger partial charge in [-0.25, -0.2) is 0 Å². The lowest BCUT2D eigenvalue weighted by atomic mass is 10.0. The van der Waals surface area contributed by atoms with E-state index in [-0.39, 0.29) is 11.8 Å². The molecule has 4 rings (SSSR count). The van der Waals surface area contributed by atoms with Gasteiger partial charge in [0.05, 0.1) is 12.7 Å². The zero-order valence-corrected chi connectivity index (χ0v) is 17.0. The Hall–Kier alpha value is -3.15. The van der Waals surface area contributed by atoms with Gasteiger partial charge in [0.25, 0.3) is 5.89 Å². The molecule has 2 aromatic carbocycles. The number of hydrogen-bond acceptors (Lipinski definition) is 5. The maximum Gasteiger partial charge on any atom is 0.261 e. The Bertz CT molecular complexity index is 995. The van der Waals surface area contributed by atoms with Gasteiger partial charge < -0.3 is 14.2 Å². The summed E-state index contributed by atoms with van der Waals surface area (Å²) in [5.41, 5.74) is 3.18. The van der Waals surface area contributed by atoms with Crippen molar-refractivity contribution in [1.29, 1.82) is 0 Å². The van der Waals surface area contributed by atoms with Gasteiger partial charge in [-0.05, 0) is 29.2 Å². The summed E-state index contributed by atoms with van der Waals surface area (Å²) in [6, 6.07) is 16.0. The van der Waals surface area contributed by atoms with E-state index in [9.17, 15) is 4.79 Å². The average molecular weight is 391 g/mol. The number of carbonyl (C=O) groups is 1. The van der Waals surface area contributed by atoms with Gasteiger partial charge in [-0.1, -0.05) is 55.4 Å². The number of likely N-dealkylation sites (tertiary alicyclic amines) is 1. The molecular formula is C23H25N3O3. The molecule has 1 aromatic heterocycles. The monoisotopic (exact) mass is 391 g/mol. The average Bonchev–Trinajstić information content (AvgIpc) is 3.36. The zero-order valence-electron chi connectivity index (χ0n) is 17.0. The summed E-state index contributed by atoms with van der Waals surface area (Å²) in [5, 5.41) is 4.14. The third-order valence-electron chi connectivity index (χ3n) is 5.38. The van der Waals surface area contributed by atoms with Crippen LogP contribution in [-0.4, -0.2) is 34.6 Å². The van der Waals surface area contributed by atoms with Crippen LogP contribution in [0.25, 0.3) is 11.5 Å². The second-order valence-corrected chi connectivity index (χ2v) is 7.73. The number of rotatable bonds is 6. The van der Waals surface area contributed by atoms with Crippen molar-refractivity contribution in [3.63, 3.8) is 0 Å². The third-order valence-corrected chi connectivity index (χ3v) is 5.38. The Balaban J connectivity index is 1.46. The smallest absolute Gasteiger partial charge is 0.261 e. The molecule has 1 aliphatic rings. The van der Waals surface area contributed by atoms with E-state index in [4.69, 9.17) is 9.26 Å². The van der Waals surface area contributed by atoms with Crippen LogP contribution in [0.4, 0.5) is 0 Å². The molecule has 0 radical (unpaired) electrons. The highest BCUT2D eigenvalue weighted by atomic mass is 16.5. The van der Waals surface area contributed by atoms with Gasteiger partial charge in [0.1, 0.15) is 5.75 Å². The van der Waals surface area contributed by atoms with Gasteiger partial charge in [-0.3, -0.25) is 4.79 Å². The number of ether oxygens (including phenoxy) is 1. The Kier molecular flexibility index (Phi) is 5.34. The fourth-order valence-electron chi connectivity index (χ4n) is 3.66. The third kappa shape index (κ3) is 4.01. The number of carbonyl (C=O) groups excluding carboxylic acids is 1. The van der Waals surface area contributed by atoms with Gasteiger partial charge in [0, 0.05) is 25.4 Å². The van der Waals surface area contributed by atoms with Gasteiger partial charge in [-0.2, -0.15) is 4.98 Å². The van der Waals surface area contributed by atoms with E-state index < -0.39 is 0 Å². The van der Waals surface area contributed by atoms with Crippen molar-refractivity contribution < 1.29 is 14.1 Å². The molecule has 1 saturated heterocycles. The normalized spacial score (nSPS) is 16.6. The Labute approximate surface area is 170 Å². The second kappa shape index (κ2) is 8.07. The van der Waals surface area contributed by atoms with E-state index >= 15 is 0 Å². The summed E-state index contributed by atoms with van der Waals surface area (Å²) in [6.07, 6.45) is 0.398. The first-order chi connectivity index (χ1) is 14.0. The summed E-state index contributed by atoms with van der Waals surface area (Å²) < 4.78 is 10.8. The maximum atomic E-state index is 12.5. The predicted molar refractivity (Wildman–Crippen MR) is 110 cm³/mol. The van der Waals surface area contributed by atoms with E-state index in [0.717, 1.165) is 11.1 Å². The Morgan fingerprint density at radius 3 is 2.66 bits per heavy atom. The molecule has 6 nitrogen and oxygen atoms in total. The largest absolute Gasteiger partial charge is 0.496 e. The van der Waals surface area contributed by atoms with E-state index in [0.29, 0.717) is 42.9 Å². The van der Waals surface area contributed by atoms with Crippen molar-refractivity contribution in [2.75, 3.05) is 13.7 Å². The van der Waals surface area contributed by atoms with Gasteiger partial charge in [0.2, 0.25) is 5.91 Å². The van der Waals surface area contributed by atoms with Crippen molar-refractivity contribution in [3.05, 3.63) is 65.5 Å². The van der Waals surface area contributed by atoms with Crippen LogP contribution in [0.5, 0.6) is 5.75 Å². The van der Waals surface area contributed by atoms with Crippen LogP contribution in [0.1, 0.15) is 49.1 Å². The van der Waals surface area contributed by atoms with Crippen LogP contribution in [0, 0.1) is 0 Å². The molecule has 1 fully saturated rings. The van der Waals surface area contributed by atoms with E-state index in [1.165, 1.54) is 5.56 Å². The minimum atomic E-state index is -0.0651. The Morgan fingerprint density at radius 2 is 1.93 bits per heavy atom. The number of para-hydroxylation sites is 1. The molecular weight excluding hydrogens is 366 g/mol. The summed E-state index contributed by atoms with van der Waals surface area (Å²) in [4.78, 5) is 18.9. The standard InChI is InChI=1S/C23H25N3O3/c1-15(2)17-10-8-16(9-11-17)13-26-14-18(12-21(26)27)22-24-23(29-25-22)19-6-4-5-7-20(19)28-3/h4-11,15,18H,12-14H2,1-3H3. The molecule has 0 aliphatic carbocycles. The summed E-state index contributed by atoms with van der Waals surface area (Å²) in [5.74, 6) is 2.20. The zero-order chi connectivity index (χ0) is 20.4. The molecule has 1 unspecified atom stereocenters. The highest BCUT2D eigenvalue weighted by Gasteiger charge is 2.34. The molecule has 0 spiro atoms. The number of aromatic nitrogens is 2. The highest BCUT2D eigenvalue weighted by molar-refractivity contribution is 5.79. The number of amides is 1. The topological polar surface area (TPSA) is 68.5 Å². The quantitative estimate of drug-likeness (QED) is 0.624. The Morgan fingerprint density at radius 1 is 1.17 bits per heavy atom. The predicted octanol–water partition coefficient (Wildman–Crippen LogP) is 4.38. The van der Waals surface area contributed by atoms with Crippen LogP contribution in [0.3, 0.4) is 0 Å². The van der Waals surface area contributed by atoms with E-state index in [1.54, 1.807) is 7.11 Å². The minimum absolute atomic E-state index is 0.0651. The van der Waals surface area contributed by atoms with Crippen LogP contribution < -0.4 is 4.74 Å². The van der Waals surface area contributed by atoms with Crippen LogP contribution in [0.15, 0.2) is 53.1 Å². The molecule has 150 valence electrons. The molecule has 0 saturated carbocycles. The summed E-state index contributed by atoms with van der Waals surface area (Å²) >= 11 is 0. The van der Waals surface area contributed by atoms with Crippen LogP contribution >= 0.6 is 0 Å². The van der Waals surface area contributed by atoms with E-state index in [2.05, 4.69) is 48.3 Å². The maximum absolute atomic E-state index is 12.5. The van der Waals surface area contributed by atoms with Crippen LogP contribution in [0.2, 0.25) is 0 Å². The van der Waals surface area contributed by atoms with Crippen molar-refractivity contribution in [1.82, 2.24) is 15.0 Å². The molecule has 1 atom stereocenters. The fraction of sp³-hybridized carbons (Fsp3) is 0.348. The lowest BCUT2D eigenvalue weighted by molar-refractivity contribution is -0.128. The SMILES string of the molecule is COc1ccccc1-c1nc(C2CC(=O)N(Cc3ccc(C(C)C)cc3)C2)no1. The van der Waals surface area contributed by atoms with Gasteiger partial charge >= 0.3 is 0 Å². The van der Waals surface area contributed by atoms with Gasteiger partial charge in [-0.15, -0.1) is 0 Å². The molecule has 1 aliphatic heterocycles. The summed E-state index contributed by atoms with van der Waals surface area (Å²) in [6.45, 7) is 5.54. The molecule has 1 amide bonds. The van der Waals surface area contributed by atoms with Crippen molar-refractivity contribution in [2.24, 2.45) is 0 Å². The lowest BCUT2D eigenvalue weighted by Crippen LogP contribution is -2.24. The van der Waals surface area contributed by atoms with Crippen molar-refractivity contribution in [2.45, 2.75) is 38.6 Å². The first-order valence-corrected chi connectivity index (χ1v) is 9.88. The number of hydrogen-bond donors (Lipinski definition) is 0. The summed E-state index contributed by atoms with van der Waals surface area (Å²) in [7, 11) is 1.61. The first kappa shape index (κ1) is 19.2. The van der Waals surface area contributed by atoms with E-state index in [1.807, 2.05) is 29.2 Å². The molecule has 2 heterocycles. The molecule has 0 bridgehead atoms. The number of nitrogens with zero attached hydrogens (tertiary/aromatic N) is 3. The second-order valence-electron chi connectivity index (χ2n) is 7.73. The van der Waals surface area contributed by atoms with Crippen molar-refractivity contribution in [3.8, 4) is 17.2 Å². The van der Waals surface area contributed by atoms with Crippen molar-refractivity contribution >= 4 is 5.91 Å². The molecule has 3 aromatic rings. The molecule has 6 heteroatoms. The molecule has 0 N–H and O–H groups in total. The minimum Gasteiger partial charge on any atom is -0.496 e. The van der Waals surface area contributed by atoms with Crippen LogP contribution in [-0.2, 0) is 11.3 Å².